The van der Waals surface area contributed by atoms with Gasteiger partial charge in [-0.3, -0.25) is 0 Å². The summed E-state index contributed by atoms with van der Waals surface area (Å²) < 4.78 is 43.6. The topological polar surface area (TPSA) is 115 Å². The van der Waals surface area contributed by atoms with Crippen molar-refractivity contribution in [3.05, 3.63) is 83.9 Å². The number of carbonyl (C=O) groups is 2. The van der Waals surface area contributed by atoms with Gasteiger partial charge in [-0.05, 0) is 82.9 Å². The SMILES string of the molecule is O=C(OCCOCC1CO1)c1ccc2cc(OCCCCCCCCOc3ccc4cc(C(=O)OCCOCC5CO5)ccc4c3)ccc2c1. The van der Waals surface area contributed by atoms with E-state index in [4.69, 9.17) is 37.9 Å². The van der Waals surface area contributed by atoms with Crippen LogP contribution in [0.4, 0.5) is 0 Å². The fraction of sp³-hybridized carbons (Fsp3) is 0.450. The number of hydrogen-bond donors (Lipinski definition) is 0. The van der Waals surface area contributed by atoms with E-state index < -0.39 is 0 Å². The number of unbranched alkanes of at least 4 members (excludes halogenated alkanes) is 5. The van der Waals surface area contributed by atoms with Crippen molar-refractivity contribution in [1.29, 1.82) is 0 Å². The standard InChI is InChI=1S/C40H46O10/c41-39(47-19-17-43-25-37-27-49-37)33-9-7-31-23-35(13-11-29(31)21-33)45-15-5-3-1-2-4-6-16-46-36-14-12-30-22-34(10-8-32(30)24-36)40(42)48-20-18-44-26-38-28-50-38/h7-14,21-24,37-38H,1-6,15-20,25-28H2. The van der Waals surface area contributed by atoms with Gasteiger partial charge in [0.2, 0.25) is 0 Å². The third-order valence-corrected chi connectivity index (χ3v) is 8.50. The van der Waals surface area contributed by atoms with Crippen LogP contribution in [0.25, 0.3) is 21.5 Å². The highest BCUT2D eigenvalue weighted by atomic mass is 16.6. The van der Waals surface area contributed by atoms with Crippen molar-refractivity contribution < 1.29 is 47.5 Å². The normalized spacial score (nSPS) is 16.3. The van der Waals surface area contributed by atoms with E-state index in [1.807, 2.05) is 60.7 Å². The summed E-state index contributed by atoms with van der Waals surface area (Å²) in [5, 5.41) is 3.96. The summed E-state index contributed by atoms with van der Waals surface area (Å²) in [6.45, 7) is 5.10. The Balaban J connectivity index is 0.797. The molecule has 4 aromatic carbocycles. The van der Waals surface area contributed by atoms with Gasteiger partial charge in [0.25, 0.3) is 0 Å². The minimum absolute atomic E-state index is 0.204. The van der Waals surface area contributed by atoms with E-state index in [9.17, 15) is 9.59 Å². The highest BCUT2D eigenvalue weighted by Gasteiger charge is 2.23. The number of rotatable bonds is 23. The van der Waals surface area contributed by atoms with E-state index in [0.29, 0.717) is 50.8 Å². The van der Waals surface area contributed by atoms with Gasteiger partial charge in [-0.25, -0.2) is 9.59 Å². The smallest absolute Gasteiger partial charge is 0.338 e. The van der Waals surface area contributed by atoms with Gasteiger partial charge in [0.05, 0.1) is 64.0 Å². The van der Waals surface area contributed by atoms with Crippen LogP contribution in [0, 0.1) is 0 Å². The molecule has 0 radical (unpaired) electrons. The molecule has 6 rings (SSSR count). The highest BCUT2D eigenvalue weighted by Crippen LogP contribution is 2.24. The third kappa shape index (κ3) is 11.7. The first-order chi connectivity index (χ1) is 24.6. The zero-order valence-electron chi connectivity index (χ0n) is 28.5. The molecule has 2 fully saturated rings. The number of benzene rings is 4. The molecule has 50 heavy (non-hydrogen) atoms. The highest BCUT2D eigenvalue weighted by molar-refractivity contribution is 5.96. The van der Waals surface area contributed by atoms with Gasteiger partial charge in [0, 0.05) is 0 Å². The first-order valence-electron chi connectivity index (χ1n) is 17.7. The maximum atomic E-state index is 12.4. The number of fused-ring (bicyclic) bond motifs is 2. The molecule has 2 aliphatic rings. The van der Waals surface area contributed by atoms with Crippen molar-refractivity contribution >= 4 is 33.5 Å². The molecule has 4 aromatic rings. The lowest BCUT2D eigenvalue weighted by Gasteiger charge is -2.10. The Labute approximate surface area is 292 Å². The summed E-state index contributed by atoms with van der Waals surface area (Å²) in [7, 11) is 0. The molecule has 2 heterocycles. The van der Waals surface area contributed by atoms with Crippen molar-refractivity contribution in [2.75, 3.05) is 66.1 Å². The molecule has 10 nitrogen and oxygen atoms in total. The predicted octanol–water partition coefficient (Wildman–Crippen LogP) is 6.94. The van der Waals surface area contributed by atoms with Crippen molar-refractivity contribution in [3.8, 4) is 11.5 Å². The molecule has 2 unspecified atom stereocenters. The quantitative estimate of drug-likeness (QED) is 0.0462. The average Bonchev–Trinajstić information content (AvgIpc) is 4.08. The number of ether oxygens (including phenoxy) is 8. The minimum atomic E-state index is -0.356. The van der Waals surface area contributed by atoms with Crippen LogP contribution in [-0.4, -0.2) is 90.2 Å². The summed E-state index contributed by atoms with van der Waals surface area (Å²) in [5.74, 6) is 0.946. The average molecular weight is 687 g/mol. The Morgan fingerprint density at radius 2 is 0.900 bits per heavy atom. The second kappa shape index (κ2) is 18.7. The molecule has 2 saturated heterocycles. The molecule has 0 aromatic heterocycles. The monoisotopic (exact) mass is 686 g/mol. The molecule has 0 saturated carbocycles. The van der Waals surface area contributed by atoms with Crippen molar-refractivity contribution in [2.24, 2.45) is 0 Å². The van der Waals surface area contributed by atoms with Crippen LogP contribution in [-0.2, 0) is 28.4 Å². The van der Waals surface area contributed by atoms with Crippen LogP contribution >= 0.6 is 0 Å². The molecule has 0 N–H and O–H groups in total. The third-order valence-electron chi connectivity index (χ3n) is 8.50. The predicted molar refractivity (Wildman–Crippen MR) is 188 cm³/mol. The van der Waals surface area contributed by atoms with Crippen LogP contribution < -0.4 is 9.47 Å². The zero-order chi connectivity index (χ0) is 34.4. The van der Waals surface area contributed by atoms with E-state index in [2.05, 4.69) is 0 Å². The summed E-state index contributed by atoms with van der Waals surface area (Å²) in [4.78, 5) is 24.8. The van der Waals surface area contributed by atoms with Gasteiger partial charge in [-0.15, -0.1) is 0 Å². The molecule has 0 aliphatic carbocycles. The fourth-order valence-electron chi connectivity index (χ4n) is 5.48. The lowest BCUT2D eigenvalue weighted by Crippen LogP contribution is -2.12. The molecule has 0 spiro atoms. The summed E-state index contributed by atoms with van der Waals surface area (Å²) in [6, 6.07) is 22.9. The molecule has 2 atom stereocenters. The second-order valence-corrected chi connectivity index (χ2v) is 12.6. The van der Waals surface area contributed by atoms with E-state index in [-0.39, 0.29) is 37.4 Å². The molecule has 2 aliphatic heterocycles. The Bertz CT molecular complexity index is 1570. The van der Waals surface area contributed by atoms with Gasteiger partial charge >= 0.3 is 11.9 Å². The van der Waals surface area contributed by atoms with Gasteiger partial charge in [0.15, 0.2) is 0 Å². The Morgan fingerprint density at radius 1 is 0.500 bits per heavy atom. The Kier molecular flexibility index (Phi) is 13.3. The minimum Gasteiger partial charge on any atom is -0.494 e. The van der Waals surface area contributed by atoms with Crippen LogP contribution in [0.1, 0.15) is 59.2 Å². The molecule has 0 bridgehead atoms. The Hall–Kier alpha value is -4.22. The van der Waals surface area contributed by atoms with Gasteiger partial charge in [-0.1, -0.05) is 49.9 Å². The molecule has 266 valence electrons. The van der Waals surface area contributed by atoms with Gasteiger partial charge < -0.3 is 37.9 Å². The maximum Gasteiger partial charge on any atom is 0.338 e. The number of esters is 2. The first-order valence-corrected chi connectivity index (χ1v) is 17.7. The second-order valence-electron chi connectivity index (χ2n) is 12.6. The summed E-state index contributed by atoms with van der Waals surface area (Å²) >= 11 is 0. The molecular weight excluding hydrogens is 640 g/mol. The van der Waals surface area contributed by atoms with Crippen LogP contribution in [0.5, 0.6) is 11.5 Å². The molecule has 10 heteroatoms. The fourth-order valence-corrected chi connectivity index (χ4v) is 5.48. The maximum absolute atomic E-state index is 12.4. The number of epoxide rings is 2. The molecule has 0 amide bonds. The van der Waals surface area contributed by atoms with Gasteiger partial charge in [-0.2, -0.15) is 0 Å². The summed E-state index contributed by atoms with van der Waals surface area (Å²) in [5.41, 5.74) is 1.04. The van der Waals surface area contributed by atoms with Crippen molar-refractivity contribution in [1.82, 2.24) is 0 Å². The lowest BCUT2D eigenvalue weighted by molar-refractivity contribution is 0.0290. The Morgan fingerprint density at radius 3 is 1.34 bits per heavy atom. The zero-order valence-corrected chi connectivity index (χ0v) is 28.5. The van der Waals surface area contributed by atoms with Crippen molar-refractivity contribution in [3.63, 3.8) is 0 Å². The largest absolute Gasteiger partial charge is 0.494 e. The van der Waals surface area contributed by atoms with Crippen LogP contribution in [0.15, 0.2) is 72.8 Å². The summed E-state index contributed by atoms with van der Waals surface area (Å²) in [6.07, 6.45) is 6.95. The van der Waals surface area contributed by atoms with Crippen LogP contribution in [0.2, 0.25) is 0 Å². The first kappa shape index (κ1) is 35.6. The van der Waals surface area contributed by atoms with E-state index in [1.54, 1.807) is 12.1 Å². The van der Waals surface area contributed by atoms with E-state index in [0.717, 1.165) is 84.8 Å². The van der Waals surface area contributed by atoms with Gasteiger partial charge in [0.1, 0.15) is 36.9 Å². The van der Waals surface area contributed by atoms with E-state index >= 15 is 0 Å². The van der Waals surface area contributed by atoms with Crippen LogP contribution in [0.3, 0.4) is 0 Å². The molecular formula is C40H46O10. The van der Waals surface area contributed by atoms with Crippen molar-refractivity contribution in [2.45, 2.75) is 50.7 Å². The lowest BCUT2D eigenvalue weighted by atomic mass is 10.1. The number of carbonyl (C=O) groups excluding carboxylic acids is 2. The van der Waals surface area contributed by atoms with E-state index in [1.165, 1.54) is 0 Å². The number of hydrogen-bond acceptors (Lipinski definition) is 10.